The second kappa shape index (κ2) is 5.82. The first kappa shape index (κ1) is 16.1. The normalized spacial score (nSPS) is 17.4. The summed E-state index contributed by atoms with van der Waals surface area (Å²) in [5, 5.41) is 0.576. The number of benzene rings is 1. The van der Waals surface area contributed by atoms with Crippen molar-refractivity contribution in [2.24, 2.45) is 4.99 Å². The first-order valence-electron chi connectivity index (χ1n) is 7.31. The standard InChI is InChI=1S/C17H22ClNO2/c1-16(2,3)12-9-13(15(21-4)14(18)10-12)17(19-11-20)7-5-6-8-17/h9-10H,5-8H2,1-4H3. The highest BCUT2D eigenvalue weighted by atomic mass is 35.5. The van der Waals surface area contributed by atoms with Crippen LogP contribution in [0.4, 0.5) is 0 Å². The number of aliphatic imine (C=N–C) groups is 1. The predicted octanol–water partition coefficient (Wildman–Crippen LogP) is 4.75. The van der Waals surface area contributed by atoms with Crippen LogP contribution in [0.3, 0.4) is 0 Å². The van der Waals surface area contributed by atoms with E-state index >= 15 is 0 Å². The van der Waals surface area contributed by atoms with Crippen LogP contribution in [-0.2, 0) is 15.7 Å². The molecule has 0 unspecified atom stereocenters. The number of nitrogens with zero attached hydrogens (tertiary/aromatic N) is 1. The van der Waals surface area contributed by atoms with Gasteiger partial charge in [0.15, 0.2) is 0 Å². The van der Waals surface area contributed by atoms with Gasteiger partial charge in [-0.2, -0.15) is 4.99 Å². The summed E-state index contributed by atoms with van der Waals surface area (Å²) in [7, 11) is 1.61. The molecule has 0 spiro atoms. The SMILES string of the molecule is COc1c(Cl)cc(C(C)(C)C)cc1C1(N=C=O)CCCC1. The molecule has 114 valence electrons. The zero-order chi connectivity index (χ0) is 15.7. The van der Waals surface area contributed by atoms with Crippen LogP contribution in [0.5, 0.6) is 5.75 Å². The van der Waals surface area contributed by atoms with Crippen molar-refractivity contribution in [3.8, 4) is 5.75 Å². The molecule has 1 fully saturated rings. The second-order valence-electron chi connectivity index (χ2n) is 6.73. The highest BCUT2D eigenvalue weighted by Gasteiger charge is 2.39. The molecule has 0 bridgehead atoms. The van der Waals surface area contributed by atoms with Gasteiger partial charge in [0, 0.05) is 5.56 Å². The minimum absolute atomic E-state index is 0.0324. The lowest BCUT2D eigenvalue weighted by Gasteiger charge is -2.29. The van der Waals surface area contributed by atoms with E-state index in [2.05, 4.69) is 31.8 Å². The maximum Gasteiger partial charge on any atom is 0.235 e. The van der Waals surface area contributed by atoms with Crippen LogP contribution in [0.2, 0.25) is 5.02 Å². The first-order chi connectivity index (χ1) is 9.84. The van der Waals surface area contributed by atoms with E-state index in [4.69, 9.17) is 16.3 Å². The summed E-state index contributed by atoms with van der Waals surface area (Å²) in [6.45, 7) is 6.41. The molecule has 1 aromatic rings. The third-order valence-corrected chi connectivity index (χ3v) is 4.59. The topological polar surface area (TPSA) is 38.7 Å². The smallest absolute Gasteiger partial charge is 0.235 e. The number of halogens is 1. The van der Waals surface area contributed by atoms with E-state index in [1.165, 1.54) is 0 Å². The van der Waals surface area contributed by atoms with Crippen LogP contribution in [0, 0.1) is 0 Å². The monoisotopic (exact) mass is 307 g/mol. The van der Waals surface area contributed by atoms with Gasteiger partial charge in [0.25, 0.3) is 0 Å². The zero-order valence-electron chi connectivity index (χ0n) is 13.1. The number of hydrogen-bond donors (Lipinski definition) is 0. The van der Waals surface area contributed by atoms with Gasteiger partial charge in [-0.05, 0) is 36.0 Å². The summed E-state index contributed by atoms with van der Waals surface area (Å²) in [4.78, 5) is 15.1. The largest absolute Gasteiger partial charge is 0.495 e. The molecule has 1 aliphatic rings. The Hall–Kier alpha value is -1.31. The van der Waals surface area contributed by atoms with Gasteiger partial charge >= 0.3 is 0 Å². The number of isocyanates is 1. The van der Waals surface area contributed by atoms with Gasteiger partial charge in [-0.1, -0.05) is 45.2 Å². The van der Waals surface area contributed by atoms with E-state index in [0.717, 1.165) is 36.8 Å². The summed E-state index contributed by atoms with van der Waals surface area (Å²) in [6.07, 6.45) is 5.52. The molecule has 1 aliphatic carbocycles. The fraction of sp³-hybridized carbons (Fsp3) is 0.588. The molecule has 0 amide bonds. The third kappa shape index (κ3) is 3.00. The van der Waals surface area contributed by atoms with Gasteiger partial charge in [0.1, 0.15) is 11.3 Å². The van der Waals surface area contributed by atoms with Crippen LogP contribution < -0.4 is 4.74 Å². The molecule has 2 rings (SSSR count). The number of rotatable bonds is 3. The van der Waals surface area contributed by atoms with E-state index in [-0.39, 0.29) is 5.41 Å². The van der Waals surface area contributed by atoms with Crippen molar-refractivity contribution in [2.45, 2.75) is 57.4 Å². The molecular formula is C17H22ClNO2. The first-order valence-corrected chi connectivity index (χ1v) is 7.69. The Morgan fingerprint density at radius 1 is 1.29 bits per heavy atom. The van der Waals surface area contributed by atoms with Crippen molar-refractivity contribution in [1.29, 1.82) is 0 Å². The minimum Gasteiger partial charge on any atom is -0.495 e. The summed E-state index contributed by atoms with van der Waals surface area (Å²) in [5.41, 5.74) is 1.48. The Morgan fingerprint density at radius 3 is 2.38 bits per heavy atom. The number of methoxy groups -OCH3 is 1. The quantitative estimate of drug-likeness (QED) is 0.597. The average molecular weight is 308 g/mol. The van der Waals surface area contributed by atoms with E-state index in [1.807, 2.05) is 6.07 Å². The second-order valence-corrected chi connectivity index (χ2v) is 7.14. The third-order valence-electron chi connectivity index (χ3n) is 4.31. The van der Waals surface area contributed by atoms with Gasteiger partial charge in [-0.15, -0.1) is 0 Å². The summed E-state index contributed by atoms with van der Waals surface area (Å²) >= 11 is 6.42. The number of ether oxygens (including phenoxy) is 1. The molecule has 0 heterocycles. The molecule has 21 heavy (non-hydrogen) atoms. The lowest BCUT2D eigenvalue weighted by Crippen LogP contribution is -2.22. The molecule has 0 aliphatic heterocycles. The van der Waals surface area contributed by atoms with E-state index in [0.29, 0.717) is 10.8 Å². The van der Waals surface area contributed by atoms with Crippen molar-refractivity contribution >= 4 is 17.7 Å². The zero-order valence-corrected chi connectivity index (χ0v) is 13.9. The lowest BCUT2D eigenvalue weighted by molar-refractivity contribution is 0.378. The summed E-state index contributed by atoms with van der Waals surface area (Å²) in [6, 6.07) is 4.04. The maximum absolute atomic E-state index is 10.9. The molecular weight excluding hydrogens is 286 g/mol. The molecule has 3 nitrogen and oxygen atoms in total. The Bertz CT molecular complexity index is 577. The van der Waals surface area contributed by atoms with Gasteiger partial charge in [-0.25, -0.2) is 4.79 Å². The average Bonchev–Trinajstić information content (AvgIpc) is 2.87. The van der Waals surface area contributed by atoms with E-state index in [1.54, 1.807) is 13.2 Å². The van der Waals surface area contributed by atoms with Crippen LogP contribution in [-0.4, -0.2) is 13.2 Å². The Balaban J connectivity index is 2.70. The Morgan fingerprint density at radius 2 is 1.90 bits per heavy atom. The Kier molecular flexibility index (Phi) is 4.46. The molecule has 0 atom stereocenters. The number of carbonyl (C=O) groups excluding carboxylic acids is 1. The van der Waals surface area contributed by atoms with Crippen LogP contribution in [0.1, 0.15) is 57.6 Å². The van der Waals surface area contributed by atoms with Crippen LogP contribution in [0.15, 0.2) is 17.1 Å². The van der Waals surface area contributed by atoms with Crippen LogP contribution in [0.25, 0.3) is 0 Å². The molecule has 4 heteroatoms. The minimum atomic E-state index is -0.530. The highest BCUT2D eigenvalue weighted by molar-refractivity contribution is 6.32. The van der Waals surface area contributed by atoms with Crippen molar-refractivity contribution in [3.63, 3.8) is 0 Å². The summed E-state index contributed by atoms with van der Waals surface area (Å²) < 4.78 is 5.51. The number of hydrogen-bond acceptors (Lipinski definition) is 3. The fourth-order valence-electron chi connectivity index (χ4n) is 3.07. The Labute approximate surface area is 131 Å². The van der Waals surface area contributed by atoms with Gasteiger partial charge in [-0.3, -0.25) is 0 Å². The van der Waals surface area contributed by atoms with Gasteiger partial charge in [0.05, 0.1) is 12.1 Å². The van der Waals surface area contributed by atoms with Crippen molar-refractivity contribution in [3.05, 3.63) is 28.3 Å². The van der Waals surface area contributed by atoms with Crippen LogP contribution >= 0.6 is 11.6 Å². The maximum atomic E-state index is 10.9. The lowest BCUT2D eigenvalue weighted by atomic mass is 9.81. The molecule has 0 radical (unpaired) electrons. The molecule has 1 saturated carbocycles. The van der Waals surface area contributed by atoms with Crippen molar-refractivity contribution in [1.82, 2.24) is 0 Å². The molecule has 0 aromatic heterocycles. The highest BCUT2D eigenvalue weighted by Crippen LogP contribution is 2.48. The fourth-order valence-corrected chi connectivity index (χ4v) is 3.36. The van der Waals surface area contributed by atoms with E-state index in [9.17, 15) is 4.79 Å². The predicted molar refractivity (Wildman–Crippen MR) is 85.0 cm³/mol. The van der Waals surface area contributed by atoms with E-state index < -0.39 is 5.54 Å². The van der Waals surface area contributed by atoms with Gasteiger partial charge in [0.2, 0.25) is 6.08 Å². The van der Waals surface area contributed by atoms with Crippen molar-refractivity contribution in [2.75, 3.05) is 7.11 Å². The molecule has 0 N–H and O–H groups in total. The molecule has 1 aromatic carbocycles. The van der Waals surface area contributed by atoms with Gasteiger partial charge < -0.3 is 4.74 Å². The summed E-state index contributed by atoms with van der Waals surface area (Å²) in [5.74, 6) is 0.630. The van der Waals surface area contributed by atoms with Crippen molar-refractivity contribution < 1.29 is 9.53 Å². The molecule has 0 saturated heterocycles.